The highest BCUT2D eigenvalue weighted by molar-refractivity contribution is 5.95. The molecule has 1 amide bonds. The second-order valence-electron chi connectivity index (χ2n) is 6.73. The lowest BCUT2D eigenvalue weighted by molar-refractivity contribution is 0.0789. The molecular formula is C20H22N2O. The molecule has 1 fully saturated rings. The summed E-state index contributed by atoms with van der Waals surface area (Å²) in [7, 11) is 0. The molecule has 4 rings (SSSR count). The molecule has 2 atom stereocenters. The first kappa shape index (κ1) is 14.5. The van der Waals surface area contributed by atoms with Crippen molar-refractivity contribution in [1.29, 1.82) is 0 Å². The summed E-state index contributed by atoms with van der Waals surface area (Å²) in [4.78, 5) is 14.8. The highest BCUT2D eigenvalue weighted by Crippen LogP contribution is 2.28. The van der Waals surface area contributed by atoms with E-state index >= 15 is 0 Å². The Hall–Kier alpha value is -2.13. The van der Waals surface area contributed by atoms with Crippen LogP contribution in [0, 0.1) is 0 Å². The molecule has 2 aromatic rings. The molecule has 0 radical (unpaired) electrons. The van der Waals surface area contributed by atoms with Crippen LogP contribution in [0.15, 0.2) is 48.5 Å². The van der Waals surface area contributed by atoms with Gasteiger partial charge in [-0.1, -0.05) is 36.4 Å². The van der Waals surface area contributed by atoms with Gasteiger partial charge in [0.05, 0.1) is 0 Å². The summed E-state index contributed by atoms with van der Waals surface area (Å²) in [6, 6.07) is 16.5. The van der Waals surface area contributed by atoms with Crippen LogP contribution in [-0.2, 0) is 12.8 Å². The second-order valence-corrected chi connectivity index (χ2v) is 6.73. The number of nitrogens with zero attached hydrogens (tertiary/aromatic N) is 1. The molecule has 1 saturated heterocycles. The van der Waals surface area contributed by atoms with E-state index in [0.717, 1.165) is 18.4 Å². The molecule has 23 heavy (non-hydrogen) atoms. The van der Waals surface area contributed by atoms with Crippen molar-refractivity contribution in [3.05, 3.63) is 70.8 Å². The van der Waals surface area contributed by atoms with Crippen LogP contribution >= 0.6 is 0 Å². The van der Waals surface area contributed by atoms with Crippen molar-refractivity contribution in [2.24, 2.45) is 5.73 Å². The average molecular weight is 306 g/mol. The third kappa shape index (κ3) is 2.66. The lowest BCUT2D eigenvalue weighted by Crippen LogP contribution is -2.32. The van der Waals surface area contributed by atoms with E-state index in [1.165, 1.54) is 23.1 Å². The predicted octanol–water partition coefficient (Wildman–Crippen LogP) is 2.74. The number of rotatable bonds is 2. The van der Waals surface area contributed by atoms with Gasteiger partial charge < -0.3 is 10.6 Å². The van der Waals surface area contributed by atoms with Crippen molar-refractivity contribution < 1.29 is 4.79 Å². The maximum Gasteiger partial charge on any atom is 0.253 e. The normalized spacial score (nSPS) is 23.1. The Morgan fingerprint density at radius 2 is 1.78 bits per heavy atom. The Balaban J connectivity index is 1.54. The maximum absolute atomic E-state index is 12.8. The minimum atomic E-state index is 0.00998. The first-order valence-electron chi connectivity index (χ1n) is 8.44. The molecule has 118 valence electrons. The molecule has 0 aromatic heterocycles. The number of hydrogen-bond acceptors (Lipinski definition) is 2. The number of hydrogen-bond donors (Lipinski definition) is 1. The Bertz CT molecular complexity index is 726. The van der Waals surface area contributed by atoms with E-state index in [9.17, 15) is 4.79 Å². The van der Waals surface area contributed by atoms with Crippen molar-refractivity contribution in [1.82, 2.24) is 4.90 Å². The van der Waals surface area contributed by atoms with E-state index in [0.29, 0.717) is 13.1 Å². The maximum atomic E-state index is 12.8. The highest BCUT2D eigenvalue weighted by Gasteiger charge is 2.34. The number of aryl methyl sites for hydroxylation is 2. The molecule has 0 bridgehead atoms. The van der Waals surface area contributed by atoms with Gasteiger partial charge in [-0.3, -0.25) is 4.79 Å². The zero-order valence-corrected chi connectivity index (χ0v) is 13.2. The molecule has 2 N–H and O–H groups in total. The highest BCUT2D eigenvalue weighted by atomic mass is 16.2. The van der Waals surface area contributed by atoms with Gasteiger partial charge in [0.15, 0.2) is 0 Å². The van der Waals surface area contributed by atoms with Gasteiger partial charge in [0.25, 0.3) is 5.91 Å². The Kier molecular flexibility index (Phi) is 3.66. The summed E-state index contributed by atoms with van der Waals surface area (Å²) >= 11 is 0. The molecule has 2 aromatic carbocycles. The van der Waals surface area contributed by atoms with Crippen LogP contribution in [-0.4, -0.2) is 29.9 Å². The first-order valence-corrected chi connectivity index (χ1v) is 8.44. The van der Waals surface area contributed by atoms with Crippen molar-refractivity contribution in [3.63, 3.8) is 0 Å². The van der Waals surface area contributed by atoms with E-state index in [1.54, 1.807) is 0 Å². The summed E-state index contributed by atoms with van der Waals surface area (Å²) in [5, 5.41) is 0. The smallest absolute Gasteiger partial charge is 0.253 e. The average Bonchev–Trinajstić information content (AvgIpc) is 3.20. The van der Waals surface area contributed by atoms with Crippen molar-refractivity contribution in [2.45, 2.75) is 31.2 Å². The lowest BCUT2D eigenvalue weighted by Gasteiger charge is -2.17. The molecule has 0 unspecified atom stereocenters. The quantitative estimate of drug-likeness (QED) is 0.927. The van der Waals surface area contributed by atoms with E-state index in [2.05, 4.69) is 24.3 Å². The molecule has 1 aliphatic carbocycles. The fourth-order valence-electron chi connectivity index (χ4n) is 3.94. The van der Waals surface area contributed by atoms with Crippen LogP contribution in [0.2, 0.25) is 0 Å². The summed E-state index contributed by atoms with van der Waals surface area (Å²) < 4.78 is 0. The third-order valence-corrected chi connectivity index (χ3v) is 5.23. The summed E-state index contributed by atoms with van der Waals surface area (Å²) in [6.07, 6.45) is 3.45. The summed E-state index contributed by atoms with van der Waals surface area (Å²) in [5.41, 5.74) is 11.1. The number of nitrogens with two attached hydrogens (primary N) is 1. The minimum absolute atomic E-state index is 0.00998. The van der Waals surface area contributed by atoms with E-state index in [-0.39, 0.29) is 17.9 Å². The number of benzene rings is 2. The molecule has 1 heterocycles. The fourth-order valence-corrected chi connectivity index (χ4v) is 3.94. The van der Waals surface area contributed by atoms with Crippen LogP contribution in [0.4, 0.5) is 0 Å². The second kappa shape index (κ2) is 5.82. The van der Waals surface area contributed by atoms with E-state index in [1.807, 2.05) is 29.2 Å². The van der Waals surface area contributed by atoms with Crippen LogP contribution in [0.3, 0.4) is 0 Å². The van der Waals surface area contributed by atoms with Gasteiger partial charge in [-0.25, -0.2) is 0 Å². The van der Waals surface area contributed by atoms with Crippen LogP contribution in [0.25, 0.3) is 0 Å². The van der Waals surface area contributed by atoms with Gasteiger partial charge in [0, 0.05) is 30.6 Å². The van der Waals surface area contributed by atoms with E-state index < -0.39 is 0 Å². The fraction of sp³-hybridized carbons (Fsp3) is 0.350. The Labute approximate surface area is 137 Å². The van der Waals surface area contributed by atoms with Crippen LogP contribution in [0.1, 0.15) is 39.4 Å². The molecule has 3 nitrogen and oxygen atoms in total. The molecule has 3 heteroatoms. The van der Waals surface area contributed by atoms with Crippen LogP contribution in [0.5, 0.6) is 0 Å². The number of amides is 1. The Morgan fingerprint density at radius 1 is 1.00 bits per heavy atom. The topological polar surface area (TPSA) is 46.3 Å². The van der Waals surface area contributed by atoms with Crippen LogP contribution < -0.4 is 5.73 Å². The zero-order valence-electron chi connectivity index (χ0n) is 13.2. The molecule has 0 spiro atoms. The largest absolute Gasteiger partial charge is 0.336 e. The van der Waals surface area contributed by atoms with Gasteiger partial charge in [0.1, 0.15) is 0 Å². The van der Waals surface area contributed by atoms with Gasteiger partial charge in [-0.15, -0.1) is 0 Å². The zero-order chi connectivity index (χ0) is 15.8. The predicted molar refractivity (Wildman–Crippen MR) is 91.5 cm³/mol. The molecule has 0 saturated carbocycles. The monoisotopic (exact) mass is 306 g/mol. The van der Waals surface area contributed by atoms with Crippen molar-refractivity contribution in [3.8, 4) is 0 Å². The number of fused-ring (bicyclic) bond motifs is 1. The first-order chi connectivity index (χ1) is 11.2. The number of carbonyl (C=O) groups is 1. The number of carbonyl (C=O) groups excluding carboxylic acids is 1. The van der Waals surface area contributed by atoms with Gasteiger partial charge in [-0.05, 0) is 48.1 Å². The summed E-state index contributed by atoms with van der Waals surface area (Å²) in [6.45, 7) is 1.34. The third-order valence-electron chi connectivity index (χ3n) is 5.23. The summed E-state index contributed by atoms with van der Waals surface area (Å²) in [5.74, 6) is 0.350. The van der Waals surface area contributed by atoms with Gasteiger partial charge in [-0.2, -0.15) is 0 Å². The van der Waals surface area contributed by atoms with E-state index in [4.69, 9.17) is 5.73 Å². The molecule has 1 aliphatic heterocycles. The Morgan fingerprint density at radius 3 is 2.61 bits per heavy atom. The SMILES string of the molecule is N[C@@H]1CN(C(=O)c2ccc3c(c2)CCC3)C[C@H]1c1ccccc1. The molecule has 2 aliphatic rings. The van der Waals surface area contributed by atoms with Crippen molar-refractivity contribution in [2.75, 3.05) is 13.1 Å². The van der Waals surface area contributed by atoms with Gasteiger partial charge in [0.2, 0.25) is 0 Å². The minimum Gasteiger partial charge on any atom is -0.336 e. The molecular weight excluding hydrogens is 284 g/mol. The standard InChI is InChI=1S/C20H22N2O/c21-19-13-22(12-18(19)15-5-2-1-3-6-15)20(23)17-10-9-14-7-4-8-16(14)11-17/h1-3,5-6,9-11,18-19H,4,7-8,12-13,21H2/t18-,19+/m0/s1. The lowest BCUT2D eigenvalue weighted by atomic mass is 9.95. The van der Waals surface area contributed by atoms with Crippen molar-refractivity contribution >= 4 is 5.91 Å². The number of likely N-dealkylation sites (tertiary alicyclic amines) is 1. The van der Waals surface area contributed by atoms with Gasteiger partial charge >= 0.3 is 0 Å².